The van der Waals surface area contributed by atoms with Gasteiger partial charge in [-0.05, 0) is 18.6 Å². The van der Waals surface area contributed by atoms with Crippen LogP contribution in [-0.2, 0) is 11.3 Å². The maximum Gasteiger partial charge on any atom is 0.222 e. The zero-order valence-electron chi connectivity index (χ0n) is 12.6. The molecule has 3 rings (SSSR count). The molecule has 0 bridgehead atoms. The number of nitriles is 1. The van der Waals surface area contributed by atoms with E-state index in [9.17, 15) is 10.1 Å². The van der Waals surface area contributed by atoms with Crippen LogP contribution in [0.1, 0.15) is 18.9 Å². The number of fused-ring (bicyclic) bond motifs is 2. The van der Waals surface area contributed by atoms with Gasteiger partial charge in [-0.3, -0.25) is 4.79 Å². The third-order valence-corrected chi connectivity index (χ3v) is 3.50. The van der Waals surface area contributed by atoms with E-state index in [0.717, 1.165) is 0 Å². The highest BCUT2D eigenvalue weighted by atomic mass is 16.3. The van der Waals surface area contributed by atoms with Gasteiger partial charge in [0.15, 0.2) is 5.65 Å². The Labute approximate surface area is 132 Å². The molecule has 0 spiro atoms. The number of anilines is 1. The van der Waals surface area contributed by atoms with E-state index in [-0.39, 0.29) is 18.1 Å². The van der Waals surface area contributed by atoms with Crippen LogP contribution in [0.4, 0.5) is 5.82 Å². The summed E-state index contributed by atoms with van der Waals surface area (Å²) in [7, 11) is 0. The first-order valence-corrected chi connectivity index (χ1v) is 7.23. The van der Waals surface area contributed by atoms with Gasteiger partial charge in [0.1, 0.15) is 23.0 Å². The Balaban J connectivity index is 2.35. The summed E-state index contributed by atoms with van der Waals surface area (Å²) in [6, 6.07) is 9.49. The number of carbonyl (C=O) groups excluding carboxylic acids is 1. The summed E-state index contributed by atoms with van der Waals surface area (Å²) in [6.07, 6.45) is 0.482. The number of para-hydroxylation sites is 2. The maximum absolute atomic E-state index is 11.5. The van der Waals surface area contributed by atoms with E-state index >= 15 is 0 Å². The molecule has 7 heteroatoms. The zero-order chi connectivity index (χ0) is 16.4. The number of nitrogens with one attached hydrogen (secondary N) is 1. The third kappa shape index (κ3) is 2.60. The number of amides is 1. The largest absolute Gasteiger partial charge is 0.396 e. The molecule has 2 aromatic heterocycles. The van der Waals surface area contributed by atoms with E-state index in [1.54, 1.807) is 4.57 Å². The number of carbonyl (C=O) groups is 1. The van der Waals surface area contributed by atoms with Crippen molar-refractivity contribution in [3.63, 3.8) is 0 Å². The monoisotopic (exact) mass is 309 g/mol. The molecule has 0 unspecified atom stereocenters. The van der Waals surface area contributed by atoms with Crippen molar-refractivity contribution in [2.45, 2.75) is 19.9 Å². The van der Waals surface area contributed by atoms with Crippen LogP contribution in [0.3, 0.4) is 0 Å². The van der Waals surface area contributed by atoms with E-state index in [1.807, 2.05) is 24.3 Å². The highest BCUT2D eigenvalue weighted by Crippen LogP contribution is 2.29. The van der Waals surface area contributed by atoms with Crippen molar-refractivity contribution in [2.24, 2.45) is 0 Å². The van der Waals surface area contributed by atoms with Gasteiger partial charge in [0.25, 0.3) is 0 Å². The number of hydrogen-bond donors (Lipinski definition) is 2. The third-order valence-electron chi connectivity index (χ3n) is 3.50. The molecule has 0 fully saturated rings. The van der Waals surface area contributed by atoms with Crippen molar-refractivity contribution >= 4 is 33.9 Å². The molecular formula is C16H15N5O2. The number of hydrogen-bond acceptors (Lipinski definition) is 5. The molecule has 1 aromatic carbocycles. The molecule has 23 heavy (non-hydrogen) atoms. The highest BCUT2D eigenvalue weighted by molar-refractivity contribution is 5.97. The Morgan fingerprint density at radius 1 is 1.35 bits per heavy atom. The first-order valence-electron chi connectivity index (χ1n) is 7.23. The normalized spacial score (nSPS) is 10.8. The van der Waals surface area contributed by atoms with Crippen LogP contribution >= 0.6 is 0 Å². The molecule has 2 N–H and O–H groups in total. The molecule has 0 atom stereocenters. The minimum absolute atomic E-state index is 0.00206. The number of aryl methyl sites for hydroxylation is 1. The fourth-order valence-electron chi connectivity index (χ4n) is 2.55. The summed E-state index contributed by atoms with van der Waals surface area (Å²) >= 11 is 0. The minimum Gasteiger partial charge on any atom is -0.396 e. The van der Waals surface area contributed by atoms with Crippen LogP contribution in [-0.4, -0.2) is 32.2 Å². The fourth-order valence-corrected chi connectivity index (χ4v) is 2.55. The van der Waals surface area contributed by atoms with Gasteiger partial charge in [0, 0.05) is 20.1 Å². The minimum atomic E-state index is -0.279. The number of aromatic nitrogens is 3. The number of benzene rings is 1. The van der Waals surface area contributed by atoms with Crippen molar-refractivity contribution in [1.82, 2.24) is 14.5 Å². The maximum atomic E-state index is 11.5. The molecule has 0 aliphatic heterocycles. The average molecular weight is 309 g/mol. The van der Waals surface area contributed by atoms with E-state index in [1.165, 1.54) is 6.92 Å². The Morgan fingerprint density at radius 2 is 2.04 bits per heavy atom. The van der Waals surface area contributed by atoms with Crippen molar-refractivity contribution in [3.8, 4) is 6.07 Å². The van der Waals surface area contributed by atoms with E-state index in [0.29, 0.717) is 41.0 Å². The van der Waals surface area contributed by atoms with E-state index in [2.05, 4.69) is 21.4 Å². The van der Waals surface area contributed by atoms with Crippen LogP contribution in [0.5, 0.6) is 0 Å². The van der Waals surface area contributed by atoms with Gasteiger partial charge in [-0.1, -0.05) is 12.1 Å². The Bertz CT molecular complexity index is 939. The van der Waals surface area contributed by atoms with Crippen molar-refractivity contribution < 1.29 is 9.90 Å². The molecule has 7 nitrogen and oxygen atoms in total. The quantitative estimate of drug-likeness (QED) is 0.764. The van der Waals surface area contributed by atoms with Gasteiger partial charge in [0.2, 0.25) is 5.91 Å². The molecule has 3 aromatic rings. The predicted octanol–water partition coefficient (Wildman–Crippen LogP) is 1.80. The molecule has 2 heterocycles. The summed E-state index contributed by atoms with van der Waals surface area (Å²) in [5.74, 6) is 0.0952. The fraction of sp³-hybridized carbons (Fsp3) is 0.250. The van der Waals surface area contributed by atoms with Gasteiger partial charge in [0.05, 0.1) is 11.0 Å². The first-order chi connectivity index (χ1) is 11.2. The number of nitrogens with zero attached hydrogens (tertiary/aromatic N) is 4. The molecule has 1 amide bonds. The van der Waals surface area contributed by atoms with E-state index < -0.39 is 0 Å². The van der Waals surface area contributed by atoms with Crippen molar-refractivity contribution in [3.05, 3.63) is 29.8 Å². The molecule has 0 aliphatic carbocycles. The molecule has 0 saturated heterocycles. The van der Waals surface area contributed by atoms with Gasteiger partial charge in [-0.2, -0.15) is 5.26 Å². The Kier molecular flexibility index (Phi) is 3.91. The average Bonchev–Trinajstić information content (AvgIpc) is 2.81. The van der Waals surface area contributed by atoms with Crippen molar-refractivity contribution in [1.29, 1.82) is 5.26 Å². The second kappa shape index (κ2) is 6.02. The van der Waals surface area contributed by atoms with Crippen LogP contribution in [0.2, 0.25) is 0 Å². The smallest absolute Gasteiger partial charge is 0.222 e. The van der Waals surface area contributed by atoms with E-state index in [4.69, 9.17) is 5.11 Å². The molecule has 0 radical (unpaired) electrons. The van der Waals surface area contributed by atoms with Crippen molar-refractivity contribution in [2.75, 3.05) is 11.9 Å². The Morgan fingerprint density at radius 3 is 2.65 bits per heavy atom. The zero-order valence-corrected chi connectivity index (χ0v) is 12.6. The predicted molar refractivity (Wildman–Crippen MR) is 85.8 cm³/mol. The Hall–Kier alpha value is -2.98. The summed E-state index contributed by atoms with van der Waals surface area (Å²) in [4.78, 5) is 20.6. The van der Waals surface area contributed by atoms with Gasteiger partial charge in [-0.15, -0.1) is 0 Å². The lowest BCUT2D eigenvalue weighted by Crippen LogP contribution is -2.13. The van der Waals surface area contributed by atoms with Crippen LogP contribution in [0.25, 0.3) is 22.2 Å². The van der Waals surface area contributed by atoms with Crippen LogP contribution in [0.15, 0.2) is 24.3 Å². The summed E-state index contributed by atoms with van der Waals surface area (Å²) in [5.41, 5.74) is 2.66. The van der Waals surface area contributed by atoms with Gasteiger partial charge in [-0.25, -0.2) is 9.97 Å². The number of aliphatic hydroxyl groups excluding tert-OH is 1. The van der Waals surface area contributed by atoms with Gasteiger partial charge >= 0.3 is 0 Å². The standard InChI is InChI=1S/C16H15N5O2/c1-10(23)18-15-11(9-17)14-16(21(15)7-4-8-22)20-13-6-3-2-5-12(13)19-14/h2-3,5-6,22H,4,7-8H2,1H3,(H,18,23). The lowest BCUT2D eigenvalue weighted by molar-refractivity contribution is -0.114. The molecule has 116 valence electrons. The second-order valence-corrected chi connectivity index (χ2v) is 5.13. The first kappa shape index (κ1) is 14.9. The lowest BCUT2D eigenvalue weighted by atomic mass is 10.2. The number of rotatable bonds is 4. The summed E-state index contributed by atoms with van der Waals surface area (Å²) in [5, 5.41) is 21.3. The van der Waals surface area contributed by atoms with Crippen LogP contribution in [0, 0.1) is 11.3 Å². The van der Waals surface area contributed by atoms with Gasteiger partial charge < -0.3 is 15.0 Å². The summed E-state index contributed by atoms with van der Waals surface area (Å²) < 4.78 is 1.73. The molecular weight excluding hydrogens is 294 g/mol. The molecule has 0 saturated carbocycles. The second-order valence-electron chi connectivity index (χ2n) is 5.13. The lowest BCUT2D eigenvalue weighted by Gasteiger charge is -2.09. The number of aliphatic hydroxyl groups is 1. The molecule has 0 aliphatic rings. The highest BCUT2D eigenvalue weighted by Gasteiger charge is 2.21. The van der Waals surface area contributed by atoms with Crippen LogP contribution < -0.4 is 5.32 Å². The topological polar surface area (TPSA) is 104 Å². The summed E-state index contributed by atoms with van der Waals surface area (Å²) in [6.45, 7) is 1.81. The SMILES string of the molecule is CC(=O)Nc1c(C#N)c2nc3ccccc3nc2n1CCCO.